The van der Waals surface area contributed by atoms with Gasteiger partial charge in [-0.05, 0) is 50.6 Å². The second kappa shape index (κ2) is 8.66. The Balaban J connectivity index is 2.08. The van der Waals surface area contributed by atoms with Crippen molar-refractivity contribution >= 4 is 5.97 Å². The van der Waals surface area contributed by atoms with E-state index in [2.05, 4.69) is 46.4 Å². The molecule has 0 aromatic heterocycles. The van der Waals surface area contributed by atoms with Crippen molar-refractivity contribution in [3.63, 3.8) is 0 Å². The Morgan fingerprint density at radius 1 is 1.17 bits per heavy atom. The van der Waals surface area contributed by atoms with Crippen molar-refractivity contribution in [1.82, 2.24) is 4.90 Å². The predicted molar refractivity (Wildman–Crippen MR) is 96.6 cm³/mol. The Labute approximate surface area is 148 Å². The van der Waals surface area contributed by atoms with Gasteiger partial charge in [0, 0.05) is 12.0 Å². The maximum absolute atomic E-state index is 12.0. The number of cyclic esters (lactones) is 1. The third-order valence-electron chi connectivity index (χ3n) is 6.28. The maximum Gasteiger partial charge on any atom is 0.308 e. The highest BCUT2D eigenvalue weighted by molar-refractivity contribution is 5.72. The normalized spacial score (nSPS) is 35.5. The molecule has 2 rings (SSSR count). The Morgan fingerprint density at radius 2 is 1.83 bits per heavy atom. The van der Waals surface area contributed by atoms with Crippen LogP contribution in [0.1, 0.15) is 67.2 Å². The summed E-state index contributed by atoms with van der Waals surface area (Å²) in [4.78, 5) is 14.4. The molecular weight excluding hydrogens is 302 g/mol. The molecule has 4 heteroatoms. The Hall–Kier alpha value is -0.610. The van der Waals surface area contributed by atoms with Gasteiger partial charge in [0.05, 0.1) is 12.5 Å². The van der Waals surface area contributed by atoms with Crippen LogP contribution in [0.3, 0.4) is 0 Å². The highest BCUT2D eigenvalue weighted by Crippen LogP contribution is 2.38. The summed E-state index contributed by atoms with van der Waals surface area (Å²) in [6.45, 7) is 15.4. The van der Waals surface area contributed by atoms with E-state index in [0.717, 1.165) is 19.5 Å². The minimum absolute atomic E-state index is 0.103. The number of esters is 1. The molecule has 0 spiro atoms. The van der Waals surface area contributed by atoms with Crippen LogP contribution in [0.15, 0.2) is 0 Å². The first kappa shape index (κ1) is 19.7. The van der Waals surface area contributed by atoms with E-state index >= 15 is 0 Å². The summed E-state index contributed by atoms with van der Waals surface area (Å²) >= 11 is 0. The van der Waals surface area contributed by atoms with Crippen LogP contribution in [0.5, 0.6) is 0 Å². The third kappa shape index (κ3) is 4.51. The van der Waals surface area contributed by atoms with Crippen LogP contribution >= 0.6 is 0 Å². The fourth-order valence-electron chi connectivity index (χ4n) is 4.59. The standard InChI is InChI=1S/C20H37NO3/c1-7-21(8-2)15(6)17-12-19(22)24-20(17)23-18-11-14(5)9-10-16(18)13(3)4/h13-18,20H,7-12H2,1-6H3/t14-,15+,16+,17+,18-,20-/m1/s1. The molecule has 0 radical (unpaired) electrons. The summed E-state index contributed by atoms with van der Waals surface area (Å²) < 4.78 is 12.1. The number of ether oxygens (including phenoxy) is 2. The molecule has 1 saturated carbocycles. The molecule has 1 aliphatic heterocycles. The summed E-state index contributed by atoms with van der Waals surface area (Å²) in [5.74, 6) is 1.92. The van der Waals surface area contributed by atoms with Crippen molar-refractivity contribution < 1.29 is 14.3 Å². The quantitative estimate of drug-likeness (QED) is 0.655. The summed E-state index contributed by atoms with van der Waals surface area (Å²) in [6.07, 6.45) is 3.92. The SMILES string of the molecule is CCN(CC)[C@@H](C)[C@@H]1CC(=O)O[C@H]1O[C@@H]1C[C@H](C)CC[C@H]1C(C)C. The maximum atomic E-state index is 12.0. The largest absolute Gasteiger partial charge is 0.435 e. The molecule has 0 amide bonds. The third-order valence-corrected chi connectivity index (χ3v) is 6.28. The molecular formula is C20H37NO3. The fraction of sp³-hybridized carbons (Fsp3) is 0.950. The van der Waals surface area contributed by atoms with Crippen molar-refractivity contribution in [3.05, 3.63) is 0 Å². The van der Waals surface area contributed by atoms with E-state index in [1.807, 2.05) is 0 Å². The average molecular weight is 340 g/mol. The number of nitrogens with zero attached hydrogens (tertiary/aromatic N) is 1. The van der Waals surface area contributed by atoms with E-state index in [0.29, 0.717) is 30.2 Å². The molecule has 2 fully saturated rings. The monoisotopic (exact) mass is 339 g/mol. The van der Waals surface area contributed by atoms with E-state index in [1.54, 1.807) is 0 Å². The van der Waals surface area contributed by atoms with Gasteiger partial charge in [0.15, 0.2) is 0 Å². The first-order valence-electron chi connectivity index (χ1n) is 9.96. The van der Waals surface area contributed by atoms with Crippen LogP contribution in [0.25, 0.3) is 0 Å². The molecule has 0 aromatic carbocycles. The lowest BCUT2D eigenvalue weighted by atomic mass is 9.75. The molecule has 1 aliphatic carbocycles. The Bertz CT molecular complexity index is 408. The van der Waals surface area contributed by atoms with Gasteiger partial charge < -0.3 is 14.4 Å². The van der Waals surface area contributed by atoms with Crippen LogP contribution in [0.4, 0.5) is 0 Å². The van der Waals surface area contributed by atoms with Crippen molar-refractivity contribution in [1.29, 1.82) is 0 Å². The molecule has 24 heavy (non-hydrogen) atoms. The zero-order chi connectivity index (χ0) is 17.9. The van der Waals surface area contributed by atoms with Gasteiger partial charge in [-0.1, -0.05) is 41.0 Å². The second-order valence-electron chi connectivity index (χ2n) is 8.19. The lowest BCUT2D eigenvalue weighted by Crippen LogP contribution is -2.45. The summed E-state index contributed by atoms with van der Waals surface area (Å²) in [5.41, 5.74) is 0. The Morgan fingerprint density at radius 3 is 2.42 bits per heavy atom. The smallest absolute Gasteiger partial charge is 0.308 e. The van der Waals surface area contributed by atoms with Crippen molar-refractivity contribution in [2.45, 2.75) is 85.7 Å². The molecule has 2 aliphatic rings. The van der Waals surface area contributed by atoms with Gasteiger partial charge in [-0.25, -0.2) is 0 Å². The van der Waals surface area contributed by atoms with Crippen molar-refractivity contribution in [2.75, 3.05) is 13.1 Å². The summed E-state index contributed by atoms with van der Waals surface area (Å²) in [6, 6.07) is 0.301. The fourth-order valence-corrected chi connectivity index (χ4v) is 4.59. The van der Waals surface area contributed by atoms with Gasteiger partial charge in [0.1, 0.15) is 0 Å². The van der Waals surface area contributed by atoms with Gasteiger partial charge in [-0.2, -0.15) is 0 Å². The zero-order valence-electron chi connectivity index (χ0n) is 16.5. The molecule has 1 heterocycles. The van der Waals surface area contributed by atoms with Gasteiger partial charge in [0.2, 0.25) is 6.29 Å². The van der Waals surface area contributed by atoms with Gasteiger partial charge in [0.25, 0.3) is 0 Å². The number of carbonyl (C=O) groups is 1. The number of hydrogen-bond acceptors (Lipinski definition) is 4. The molecule has 0 N–H and O–H groups in total. The first-order chi connectivity index (χ1) is 11.4. The Kier molecular flexibility index (Phi) is 7.11. The van der Waals surface area contributed by atoms with Crippen molar-refractivity contribution in [3.8, 4) is 0 Å². The molecule has 0 bridgehead atoms. The van der Waals surface area contributed by atoms with E-state index in [1.165, 1.54) is 12.8 Å². The lowest BCUT2D eigenvalue weighted by Gasteiger charge is -2.40. The van der Waals surface area contributed by atoms with E-state index in [-0.39, 0.29) is 24.3 Å². The second-order valence-corrected chi connectivity index (χ2v) is 8.19. The van der Waals surface area contributed by atoms with E-state index < -0.39 is 0 Å². The molecule has 140 valence electrons. The zero-order valence-corrected chi connectivity index (χ0v) is 16.5. The van der Waals surface area contributed by atoms with Gasteiger partial charge >= 0.3 is 5.97 Å². The molecule has 6 atom stereocenters. The van der Waals surface area contributed by atoms with Crippen molar-refractivity contribution in [2.24, 2.45) is 23.7 Å². The van der Waals surface area contributed by atoms with Crippen LogP contribution in [-0.4, -0.2) is 42.4 Å². The topological polar surface area (TPSA) is 38.8 Å². The predicted octanol–water partition coefficient (Wildman–Crippen LogP) is 4.08. The van der Waals surface area contributed by atoms with E-state index in [9.17, 15) is 4.79 Å². The summed E-state index contributed by atoms with van der Waals surface area (Å²) in [7, 11) is 0. The molecule has 1 saturated heterocycles. The average Bonchev–Trinajstić information content (AvgIpc) is 2.88. The lowest BCUT2D eigenvalue weighted by molar-refractivity contribution is -0.200. The highest BCUT2D eigenvalue weighted by Gasteiger charge is 2.43. The number of hydrogen-bond donors (Lipinski definition) is 0. The minimum Gasteiger partial charge on any atom is -0.435 e. The first-order valence-corrected chi connectivity index (χ1v) is 9.96. The minimum atomic E-state index is -0.371. The number of rotatable bonds is 7. The van der Waals surface area contributed by atoms with Gasteiger partial charge in [-0.3, -0.25) is 4.79 Å². The number of carbonyl (C=O) groups excluding carboxylic acids is 1. The highest BCUT2D eigenvalue weighted by atomic mass is 16.7. The molecule has 0 unspecified atom stereocenters. The molecule has 0 aromatic rings. The van der Waals surface area contributed by atoms with Crippen LogP contribution in [0.2, 0.25) is 0 Å². The van der Waals surface area contributed by atoms with Crippen LogP contribution in [0, 0.1) is 23.7 Å². The van der Waals surface area contributed by atoms with Crippen LogP contribution < -0.4 is 0 Å². The summed E-state index contributed by atoms with van der Waals surface area (Å²) in [5, 5.41) is 0. The van der Waals surface area contributed by atoms with E-state index in [4.69, 9.17) is 9.47 Å². The van der Waals surface area contributed by atoms with Gasteiger partial charge in [-0.15, -0.1) is 0 Å². The van der Waals surface area contributed by atoms with Crippen LogP contribution in [-0.2, 0) is 14.3 Å². The molecule has 4 nitrogen and oxygen atoms in total.